The maximum absolute atomic E-state index is 12.9. The molecule has 0 saturated heterocycles. The van der Waals surface area contributed by atoms with E-state index in [1.54, 1.807) is 0 Å². The van der Waals surface area contributed by atoms with E-state index in [9.17, 15) is 48.8 Å². The van der Waals surface area contributed by atoms with Crippen molar-refractivity contribution in [1.82, 2.24) is 0 Å². The second-order valence-corrected chi connectivity index (χ2v) is 5.58. The van der Waals surface area contributed by atoms with Crippen molar-refractivity contribution in [2.24, 2.45) is 0 Å². The quantitative estimate of drug-likeness (QED) is 0.190. The summed E-state index contributed by atoms with van der Waals surface area (Å²) >= 11 is -1.85. The normalized spacial score (nSPS) is 15.2. The van der Waals surface area contributed by atoms with Gasteiger partial charge in [0, 0.05) is 0 Å². The van der Waals surface area contributed by atoms with Gasteiger partial charge in [-0.25, -0.2) is 4.74 Å². The van der Waals surface area contributed by atoms with Gasteiger partial charge in [-0.15, -0.1) is 0 Å². The third-order valence-corrected chi connectivity index (χ3v) is 3.51. The average molecular weight is 391 g/mol. The smallest absolute Gasteiger partial charge is 0.460 e. The number of halogens is 8. The largest absolute Gasteiger partial charge is 0.691 e. The van der Waals surface area contributed by atoms with Gasteiger partial charge in [0.05, 0.1) is 7.11 Å². The van der Waals surface area contributed by atoms with Crippen molar-refractivity contribution < 1.29 is 67.1 Å². The SMILES string of the molecule is COS(=O)(=O)C(F)(F)C(F)(F)OC(F)(F)C(F)(F)SOO[O-]. The molecule has 0 saturated carbocycles. The molecule has 134 valence electrons. The van der Waals surface area contributed by atoms with Crippen molar-refractivity contribution >= 4 is 22.2 Å². The number of alkyl halides is 8. The molecule has 0 heterocycles. The lowest BCUT2D eigenvalue weighted by Gasteiger charge is -2.30. The van der Waals surface area contributed by atoms with Gasteiger partial charge in [0.25, 0.3) is 0 Å². The highest BCUT2D eigenvalue weighted by Gasteiger charge is 2.75. The van der Waals surface area contributed by atoms with E-state index in [2.05, 4.69) is 13.6 Å². The molecule has 0 bridgehead atoms. The van der Waals surface area contributed by atoms with Crippen LogP contribution in [0.4, 0.5) is 35.1 Å². The summed E-state index contributed by atoms with van der Waals surface area (Å²) in [5.74, 6) is 0. The van der Waals surface area contributed by atoms with Crippen molar-refractivity contribution in [2.75, 3.05) is 7.11 Å². The van der Waals surface area contributed by atoms with E-state index < -0.39 is 44.9 Å². The number of hydrogen-bond acceptors (Lipinski definition) is 8. The third kappa shape index (κ3) is 4.09. The minimum atomic E-state index is -6.65. The Morgan fingerprint density at radius 1 is 0.955 bits per heavy atom. The van der Waals surface area contributed by atoms with Gasteiger partial charge in [-0.2, -0.15) is 47.9 Å². The van der Waals surface area contributed by atoms with Gasteiger partial charge in [0.2, 0.25) is 0 Å². The molecule has 0 rings (SSSR count). The zero-order valence-electron chi connectivity index (χ0n) is 9.70. The Morgan fingerprint density at radius 2 is 1.41 bits per heavy atom. The van der Waals surface area contributed by atoms with Crippen molar-refractivity contribution in [3.63, 3.8) is 0 Å². The molecule has 0 aliphatic carbocycles. The van der Waals surface area contributed by atoms with Crippen LogP contribution in [0.2, 0.25) is 0 Å². The molecule has 0 aromatic heterocycles. The monoisotopic (exact) mass is 391 g/mol. The first kappa shape index (κ1) is 21.5. The minimum absolute atomic E-state index is 0.0264. The van der Waals surface area contributed by atoms with Gasteiger partial charge in [-0.05, 0) is 0 Å². The van der Waals surface area contributed by atoms with Crippen molar-refractivity contribution in [3.8, 4) is 0 Å². The van der Waals surface area contributed by atoms with Gasteiger partial charge in [0.15, 0.2) is 0 Å². The van der Waals surface area contributed by atoms with Gasteiger partial charge in [-0.3, -0.25) is 9.22 Å². The molecule has 0 radical (unpaired) electrons. The van der Waals surface area contributed by atoms with Crippen molar-refractivity contribution in [1.29, 1.82) is 0 Å². The van der Waals surface area contributed by atoms with E-state index in [1.807, 2.05) is 4.74 Å². The number of ether oxygens (including phenoxy) is 1. The molecule has 22 heavy (non-hydrogen) atoms. The topological polar surface area (TPSA) is 94.1 Å². The molecule has 0 aliphatic heterocycles. The fourth-order valence-electron chi connectivity index (χ4n) is 0.635. The summed E-state index contributed by atoms with van der Waals surface area (Å²) in [7, 11) is -6.52. The van der Waals surface area contributed by atoms with Crippen LogP contribution in [0, 0.1) is 0 Å². The second-order valence-electron chi connectivity index (χ2n) is 3.01. The fourth-order valence-corrected chi connectivity index (χ4v) is 1.43. The van der Waals surface area contributed by atoms with E-state index in [-0.39, 0.29) is 7.11 Å². The molecule has 0 aromatic rings. The van der Waals surface area contributed by atoms with Gasteiger partial charge >= 0.3 is 32.8 Å². The standard InChI is InChI=1S/C5H4F8O7S2/c1-17-22(15,16)5(12,13)3(8,9)18-2(6,7)4(10,11)21-20-19-14/h14H,1H3/p-1. The highest BCUT2D eigenvalue weighted by Crippen LogP contribution is 2.50. The molecule has 0 amide bonds. The van der Waals surface area contributed by atoms with Gasteiger partial charge in [0.1, 0.15) is 12.0 Å². The minimum Gasteiger partial charge on any atom is -0.691 e. The maximum Gasteiger partial charge on any atom is 0.460 e. The van der Waals surface area contributed by atoms with E-state index in [4.69, 9.17) is 0 Å². The first-order valence-corrected chi connectivity index (χ1v) is 6.39. The lowest BCUT2D eigenvalue weighted by molar-refractivity contribution is -0.777. The lowest BCUT2D eigenvalue weighted by atomic mass is 10.6. The molecule has 0 atom stereocenters. The Bertz CT molecular complexity index is 479. The van der Waals surface area contributed by atoms with Crippen LogP contribution in [0.25, 0.3) is 0 Å². The van der Waals surface area contributed by atoms with E-state index in [0.717, 1.165) is 0 Å². The van der Waals surface area contributed by atoms with Crippen LogP contribution >= 0.6 is 12.0 Å². The van der Waals surface area contributed by atoms with Crippen molar-refractivity contribution in [2.45, 2.75) is 22.7 Å². The second kappa shape index (κ2) is 6.57. The molecule has 0 fully saturated rings. The number of rotatable bonds is 9. The summed E-state index contributed by atoms with van der Waals surface area (Å²) in [5.41, 5.74) is 0. The van der Waals surface area contributed by atoms with E-state index >= 15 is 0 Å². The van der Waals surface area contributed by atoms with Crippen LogP contribution in [0.15, 0.2) is 0 Å². The van der Waals surface area contributed by atoms with Crippen LogP contribution in [0.5, 0.6) is 0 Å². The molecule has 7 nitrogen and oxygen atoms in total. The Balaban J connectivity index is 5.51. The third-order valence-electron chi connectivity index (χ3n) is 1.63. The summed E-state index contributed by atoms with van der Waals surface area (Å²) in [6.45, 7) is 0. The van der Waals surface area contributed by atoms with Gasteiger partial charge in [-0.1, -0.05) is 0 Å². The first-order valence-electron chi connectivity index (χ1n) is 4.24. The molecule has 0 N–H and O–H groups in total. The lowest BCUT2D eigenvalue weighted by Crippen LogP contribution is -2.55. The Kier molecular flexibility index (Phi) is 6.44. The van der Waals surface area contributed by atoms with E-state index in [1.165, 1.54) is 0 Å². The highest BCUT2D eigenvalue weighted by atomic mass is 32.2. The zero-order valence-corrected chi connectivity index (χ0v) is 11.3. The first-order chi connectivity index (χ1) is 9.58. The molecule has 0 unspecified atom stereocenters. The predicted molar refractivity (Wildman–Crippen MR) is 46.6 cm³/mol. The van der Waals surface area contributed by atoms with Crippen LogP contribution in [0.1, 0.15) is 0 Å². The Labute approximate surface area is 120 Å². The molecule has 0 spiro atoms. The highest BCUT2D eigenvalue weighted by molar-refractivity contribution is 7.95. The average Bonchev–Trinajstić information content (AvgIpc) is 2.34. The molecular formula is C5H3F8O7S2-. The summed E-state index contributed by atoms with van der Waals surface area (Å²) < 4.78 is 131. The fraction of sp³-hybridized carbons (Fsp3) is 1.00. The van der Waals surface area contributed by atoms with Crippen molar-refractivity contribution in [3.05, 3.63) is 0 Å². The van der Waals surface area contributed by atoms with Gasteiger partial charge < -0.3 is 5.26 Å². The Hall–Kier alpha value is -0.460. The zero-order chi connectivity index (χ0) is 18.0. The summed E-state index contributed by atoms with van der Waals surface area (Å²) in [6.07, 6.45) is -13.1. The molecule has 0 aromatic carbocycles. The van der Waals surface area contributed by atoms with Crippen LogP contribution in [0.3, 0.4) is 0 Å². The molecular weight excluding hydrogens is 388 g/mol. The predicted octanol–water partition coefficient (Wildman–Crippen LogP) is 1.22. The summed E-state index contributed by atoms with van der Waals surface area (Å²) in [6, 6.07) is 0. The van der Waals surface area contributed by atoms with Crippen LogP contribution in [-0.2, 0) is 28.4 Å². The maximum atomic E-state index is 12.9. The molecule has 0 aliphatic rings. The number of hydrogen-bond donors (Lipinski definition) is 0. The Morgan fingerprint density at radius 3 is 1.77 bits per heavy atom. The summed E-state index contributed by atoms with van der Waals surface area (Å²) in [4.78, 5) is 0. The van der Waals surface area contributed by atoms with Crippen LogP contribution < -0.4 is 5.26 Å². The molecule has 17 heteroatoms. The summed E-state index contributed by atoms with van der Waals surface area (Å²) in [5, 5.41) is -0.862. The van der Waals surface area contributed by atoms with E-state index in [0.29, 0.717) is 0 Å². The van der Waals surface area contributed by atoms with Crippen LogP contribution in [-0.4, -0.2) is 38.3 Å².